The lowest BCUT2D eigenvalue weighted by atomic mass is 10.1. The van der Waals surface area contributed by atoms with Gasteiger partial charge < -0.3 is 4.90 Å². The Kier molecular flexibility index (Phi) is 6.88. The van der Waals surface area contributed by atoms with Gasteiger partial charge in [0.1, 0.15) is 0 Å². The number of fused-ring (bicyclic) bond motifs is 1. The number of benzene rings is 2. The number of rotatable bonds is 6. The number of carbonyl (C=O) groups is 1. The zero-order valence-corrected chi connectivity index (χ0v) is 20.3. The van der Waals surface area contributed by atoms with E-state index in [2.05, 4.69) is 16.0 Å². The van der Waals surface area contributed by atoms with Gasteiger partial charge in [0.15, 0.2) is 9.84 Å². The van der Waals surface area contributed by atoms with E-state index in [0.29, 0.717) is 18.1 Å². The minimum absolute atomic E-state index is 0.0682. The smallest absolute Gasteiger partial charge is 0.237 e. The molecule has 3 aromatic rings. The molecule has 0 N–H and O–H groups in total. The Morgan fingerprint density at radius 3 is 2.45 bits per heavy atom. The third kappa shape index (κ3) is 5.46. The summed E-state index contributed by atoms with van der Waals surface area (Å²) in [6, 6.07) is 14.3. The van der Waals surface area contributed by atoms with Crippen molar-refractivity contribution in [3.63, 3.8) is 0 Å². The maximum Gasteiger partial charge on any atom is 0.237 e. The van der Waals surface area contributed by atoms with Gasteiger partial charge in [-0.2, -0.15) is 0 Å². The highest BCUT2D eigenvalue weighted by molar-refractivity contribution is 7.91. The SMILES string of the molecule is Cc1cc(N2CCN(N(C)C(=O)CCS(=O)(=O)c3ccc4cc(Cl)ccc4c3)CC2)ccn1. The fourth-order valence-corrected chi connectivity index (χ4v) is 5.47. The number of hydrogen-bond donors (Lipinski definition) is 0. The Hall–Kier alpha value is -2.68. The summed E-state index contributed by atoms with van der Waals surface area (Å²) in [6.07, 6.45) is 1.74. The molecular weight excluding hydrogens is 460 g/mol. The van der Waals surface area contributed by atoms with E-state index in [1.165, 1.54) is 0 Å². The number of piperazine rings is 1. The molecule has 2 heterocycles. The van der Waals surface area contributed by atoms with Gasteiger partial charge in [0.2, 0.25) is 5.91 Å². The van der Waals surface area contributed by atoms with Crippen LogP contribution in [0.2, 0.25) is 5.02 Å². The van der Waals surface area contributed by atoms with Crippen molar-refractivity contribution >= 4 is 43.8 Å². The van der Waals surface area contributed by atoms with Crippen LogP contribution in [0.1, 0.15) is 12.1 Å². The average Bonchev–Trinajstić information content (AvgIpc) is 2.82. The first-order valence-corrected chi connectivity index (χ1v) is 12.9. The highest BCUT2D eigenvalue weighted by atomic mass is 35.5. The fourth-order valence-electron chi connectivity index (χ4n) is 4.03. The van der Waals surface area contributed by atoms with Gasteiger partial charge in [0, 0.05) is 62.2 Å². The molecule has 33 heavy (non-hydrogen) atoms. The molecule has 0 spiro atoms. The molecule has 0 aliphatic carbocycles. The van der Waals surface area contributed by atoms with Crippen LogP contribution >= 0.6 is 11.6 Å². The third-order valence-electron chi connectivity index (χ3n) is 6.00. The van der Waals surface area contributed by atoms with E-state index >= 15 is 0 Å². The van der Waals surface area contributed by atoms with Gasteiger partial charge >= 0.3 is 0 Å². The van der Waals surface area contributed by atoms with Crippen LogP contribution in [0.15, 0.2) is 59.6 Å². The fraction of sp³-hybridized carbons (Fsp3) is 0.333. The Morgan fingerprint density at radius 1 is 1.03 bits per heavy atom. The molecule has 1 aliphatic rings. The molecular formula is C24H27ClN4O3S. The third-order valence-corrected chi connectivity index (χ3v) is 7.95. The number of aromatic nitrogens is 1. The summed E-state index contributed by atoms with van der Waals surface area (Å²) in [6.45, 7) is 4.89. The molecule has 0 saturated carbocycles. The van der Waals surface area contributed by atoms with Gasteiger partial charge in [-0.05, 0) is 54.1 Å². The Balaban J connectivity index is 1.34. The van der Waals surface area contributed by atoms with Crippen molar-refractivity contribution < 1.29 is 13.2 Å². The van der Waals surface area contributed by atoms with Crippen LogP contribution in [0.4, 0.5) is 5.69 Å². The van der Waals surface area contributed by atoms with Gasteiger partial charge in [0.25, 0.3) is 0 Å². The summed E-state index contributed by atoms with van der Waals surface area (Å²) in [5.41, 5.74) is 2.10. The lowest BCUT2D eigenvalue weighted by molar-refractivity contribution is -0.145. The van der Waals surface area contributed by atoms with E-state index in [-0.39, 0.29) is 23.0 Å². The van der Waals surface area contributed by atoms with Crippen molar-refractivity contribution in [2.75, 3.05) is 43.9 Å². The number of halogens is 1. The van der Waals surface area contributed by atoms with Crippen molar-refractivity contribution in [3.8, 4) is 0 Å². The normalized spacial score (nSPS) is 15.1. The van der Waals surface area contributed by atoms with E-state index < -0.39 is 9.84 Å². The number of sulfone groups is 1. The summed E-state index contributed by atoms with van der Waals surface area (Å²) in [5.74, 6) is -0.440. The molecule has 2 aromatic carbocycles. The maximum absolute atomic E-state index is 12.9. The molecule has 0 bridgehead atoms. The van der Waals surface area contributed by atoms with Crippen LogP contribution in [0.5, 0.6) is 0 Å². The standard InChI is InChI=1S/C24H27ClN4O3S/c1-18-15-22(7-9-26-18)28-10-12-29(13-11-28)27(2)24(30)8-14-33(31,32)23-6-4-19-16-21(25)5-3-20(19)17-23/h3-7,9,15-17H,8,10-14H2,1-2H3. The molecule has 9 heteroatoms. The number of pyridine rings is 1. The van der Waals surface area contributed by atoms with E-state index in [4.69, 9.17) is 11.6 Å². The van der Waals surface area contributed by atoms with Gasteiger partial charge in [-0.1, -0.05) is 23.7 Å². The highest BCUT2D eigenvalue weighted by Crippen LogP contribution is 2.24. The summed E-state index contributed by atoms with van der Waals surface area (Å²) in [7, 11) is -1.87. The summed E-state index contributed by atoms with van der Waals surface area (Å²) >= 11 is 6.00. The van der Waals surface area contributed by atoms with Gasteiger partial charge in [-0.15, -0.1) is 0 Å². The van der Waals surface area contributed by atoms with E-state index in [0.717, 1.165) is 35.2 Å². The minimum Gasteiger partial charge on any atom is -0.369 e. The Labute approximate surface area is 199 Å². The van der Waals surface area contributed by atoms with Crippen LogP contribution in [0.3, 0.4) is 0 Å². The summed E-state index contributed by atoms with van der Waals surface area (Å²) in [5, 5.41) is 5.81. The maximum atomic E-state index is 12.9. The molecule has 0 atom stereocenters. The molecule has 0 unspecified atom stereocenters. The molecule has 1 aromatic heterocycles. The first-order valence-electron chi connectivity index (χ1n) is 10.8. The van der Waals surface area contributed by atoms with Crippen LogP contribution in [0, 0.1) is 6.92 Å². The molecule has 0 radical (unpaired) electrons. The summed E-state index contributed by atoms with van der Waals surface area (Å²) in [4.78, 5) is 19.5. The second kappa shape index (κ2) is 9.67. The monoisotopic (exact) mass is 486 g/mol. The molecule has 1 amide bonds. The average molecular weight is 487 g/mol. The Morgan fingerprint density at radius 2 is 1.73 bits per heavy atom. The first kappa shape index (κ1) is 23.5. The molecule has 1 aliphatic heterocycles. The van der Waals surface area contributed by atoms with Gasteiger partial charge in [-0.25, -0.2) is 13.4 Å². The largest absolute Gasteiger partial charge is 0.369 e. The number of amides is 1. The van der Waals surface area contributed by atoms with Crippen molar-refractivity contribution in [1.82, 2.24) is 15.0 Å². The molecule has 7 nitrogen and oxygen atoms in total. The number of hydrazine groups is 1. The lowest BCUT2D eigenvalue weighted by Crippen LogP contribution is -2.54. The quantitative estimate of drug-likeness (QED) is 0.530. The molecule has 1 fully saturated rings. The van der Waals surface area contributed by atoms with E-state index in [1.54, 1.807) is 54.7 Å². The van der Waals surface area contributed by atoms with Gasteiger partial charge in [-0.3, -0.25) is 14.8 Å². The second-order valence-electron chi connectivity index (χ2n) is 8.24. The first-order chi connectivity index (χ1) is 15.7. The predicted molar refractivity (Wildman–Crippen MR) is 131 cm³/mol. The molecule has 4 rings (SSSR count). The Bertz CT molecular complexity index is 1270. The van der Waals surface area contributed by atoms with Crippen LogP contribution in [-0.4, -0.2) is 68.3 Å². The lowest BCUT2D eigenvalue weighted by Gasteiger charge is -2.40. The topological polar surface area (TPSA) is 73.8 Å². The number of nitrogens with zero attached hydrogens (tertiary/aromatic N) is 4. The highest BCUT2D eigenvalue weighted by Gasteiger charge is 2.25. The van der Waals surface area contributed by atoms with Gasteiger partial charge in [0.05, 0.1) is 10.6 Å². The van der Waals surface area contributed by atoms with Crippen LogP contribution in [0.25, 0.3) is 10.8 Å². The van der Waals surface area contributed by atoms with Crippen LogP contribution < -0.4 is 4.90 Å². The molecule has 174 valence electrons. The number of anilines is 1. The van der Waals surface area contributed by atoms with E-state index in [1.807, 2.05) is 18.0 Å². The zero-order valence-electron chi connectivity index (χ0n) is 18.7. The minimum atomic E-state index is -3.58. The summed E-state index contributed by atoms with van der Waals surface area (Å²) < 4.78 is 25.7. The van der Waals surface area contributed by atoms with Crippen molar-refractivity contribution in [2.24, 2.45) is 0 Å². The number of aryl methyl sites for hydroxylation is 1. The predicted octanol–water partition coefficient (Wildman–Crippen LogP) is 3.56. The van der Waals surface area contributed by atoms with Crippen LogP contribution in [-0.2, 0) is 14.6 Å². The van der Waals surface area contributed by atoms with E-state index in [9.17, 15) is 13.2 Å². The molecule has 1 saturated heterocycles. The zero-order chi connectivity index (χ0) is 23.6. The van der Waals surface area contributed by atoms with Crippen molar-refractivity contribution in [1.29, 1.82) is 0 Å². The number of hydrogen-bond acceptors (Lipinski definition) is 6. The van der Waals surface area contributed by atoms with Crippen molar-refractivity contribution in [2.45, 2.75) is 18.2 Å². The van der Waals surface area contributed by atoms with Crippen molar-refractivity contribution in [3.05, 3.63) is 65.4 Å². The number of carbonyl (C=O) groups excluding carboxylic acids is 1. The second-order valence-corrected chi connectivity index (χ2v) is 10.8.